The lowest BCUT2D eigenvalue weighted by molar-refractivity contribution is -0.115. The van der Waals surface area contributed by atoms with Gasteiger partial charge in [-0.05, 0) is 65.9 Å². The third-order valence-corrected chi connectivity index (χ3v) is 5.25. The van der Waals surface area contributed by atoms with Gasteiger partial charge in [-0.15, -0.1) is 11.8 Å². The second kappa shape index (κ2) is 8.61. The van der Waals surface area contributed by atoms with Gasteiger partial charge >= 0.3 is 0 Å². The predicted octanol–water partition coefficient (Wildman–Crippen LogP) is 4.65. The van der Waals surface area contributed by atoms with Gasteiger partial charge in [0.2, 0.25) is 11.8 Å². The van der Waals surface area contributed by atoms with Gasteiger partial charge in [0.05, 0.1) is 8.82 Å². The molecule has 2 aromatic rings. The summed E-state index contributed by atoms with van der Waals surface area (Å²) in [6.07, 6.45) is 0. The van der Waals surface area contributed by atoms with Crippen molar-refractivity contribution in [2.75, 3.05) is 10.6 Å². The molecule has 8 heteroatoms. The number of rotatable bonds is 5. The molecule has 132 valence electrons. The normalized spacial score (nSPS) is 11.7. The van der Waals surface area contributed by atoms with Crippen LogP contribution in [0.15, 0.2) is 41.3 Å². The fraction of sp³-hybridized carbons (Fsp3) is 0.176. The van der Waals surface area contributed by atoms with Crippen molar-refractivity contribution in [2.24, 2.45) is 0 Å². The van der Waals surface area contributed by atoms with Gasteiger partial charge < -0.3 is 10.6 Å². The van der Waals surface area contributed by atoms with Crippen molar-refractivity contribution in [3.63, 3.8) is 0 Å². The standard InChI is InChI=1S/C17H15F2IN2O2S/c1-9(25-13-5-3-11(4-6-13)21-10(2)23)17(24)22-12-7-14(18)16(20)15(19)8-12/h3-9H,1-2H3,(H,21,23)(H,22,24). The number of halogens is 3. The lowest BCUT2D eigenvalue weighted by atomic mass is 10.3. The molecule has 0 spiro atoms. The Kier molecular flexibility index (Phi) is 6.77. The number of anilines is 2. The molecule has 0 aliphatic carbocycles. The van der Waals surface area contributed by atoms with Crippen LogP contribution in [-0.4, -0.2) is 17.1 Å². The molecule has 0 aliphatic rings. The summed E-state index contributed by atoms with van der Waals surface area (Å²) in [7, 11) is 0. The molecule has 0 aliphatic heterocycles. The van der Waals surface area contributed by atoms with E-state index in [1.54, 1.807) is 53.8 Å². The molecule has 0 heterocycles. The summed E-state index contributed by atoms with van der Waals surface area (Å²) in [6.45, 7) is 3.12. The van der Waals surface area contributed by atoms with Gasteiger partial charge in [-0.3, -0.25) is 9.59 Å². The maximum Gasteiger partial charge on any atom is 0.237 e. The zero-order chi connectivity index (χ0) is 18.6. The molecular weight excluding hydrogens is 461 g/mol. The van der Waals surface area contributed by atoms with E-state index in [1.807, 2.05) is 0 Å². The van der Waals surface area contributed by atoms with Crippen LogP contribution in [0.4, 0.5) is 20.2 Å². The van der Waals surface area contributed by atoms with Crippen LogP contribution in [0.1, 0.15) is 13.8 Å². The summed E-state index contributed by atoms with van der Waals surface area (Å²) >= 11 is 2.86. The Bertz CT molecular complexity index is 777. The van der Waals surface area contributed by atoms with Gasteiger partial charge in [0.1, 0.15) is 11.6 Å². The Morgan fingerprint density at radius 1 is 1.04 bits per heavy atom. The first-order valence-corrected chi connectivity index (χ1v) is 9.22. The molecule has 2 amide bonds. The fourth-order valence-corrected chi connectivity index (χ4v) is 3.13. The summed E-state index contributed by atoms with van der Waals surface area (Å²) in [4.78, 5) is 24.0. The predicted molar refractivity (Wildman–Crippen MR) is 104 cm³/mol. The molecule has 1 unspecified atom stereocenters. The van der Waals surface area contributed by atoms with Crippen LogP contribution in [0.2, 0.25) is 0 Å². The average Bonchev–Trinajstić information content (AvgIpc) is 2.53. The van der Waals surface area contributed by atoms with E-state index in [1.165, 1.54) is 18.7 Å². The topological polar surface area (TPSA) is 58.2 Å². The summed E-state index contributed by atoms with van der Waals surface area (Å²) in [5, 5.41) is 4.69. The minimum Gasteiger partial charge on any atom is -0.326 e. The molecule has 0 saturated heterocycles. The van der Waals surface area contributed by atoms with Crippen molar-refractivity contribution in [1.82, 2.24) is 0 Å². The number of carbonyl (C=O) groups excluding carboxylic acids is 2. The van der Waals surface area contributed by atoms with E-state index in [2.05, 4.69) is 10.6 Å². The van der Waals surface area contributed by atoms with Crippen LogP contribution in [0, 0.1) is 15.2 Å². The van der Waals surface area contributed by atoms with Crippen LogP contribution in [0.3, 0.4) is 0 Å². The highest BCUT2D eigenvalue weighted by atomic mass is 127. The second-order valence-corrected chi connectivity index (χ2v) is 7.70. The molecule has 2 rings (SSSR count). The highest BCUT2D eigenvalue weighted by Crippen LogP contribution is 2.26. The smallest absolute Gasteiger partial charge is 0.237 e. The van der Waals surface area contributed by atoms with Gasteiger partial charge in [-0.25, -0.2) is 8.78 Å². The van der Waals surface area contributed by atoms with Gasteiger partial charge in [-0.2, -0.15) is 0 Å². The number of amides is 2. The van der Waals surface area contributed by atoms with E-state index >= 15 is 0 Å². The fourth-order valence-electron chi connectivity index (χ4n) is 1.95. The van der Waals surface area contributed by atoms with Gasteiger partial charge in [0.25, 0.3) is 0 Å². The molecule has 4 nitrogen and oxygen atoms in total. The van der Waals surface area contributed by atoms with Crippen molar-refractivity contribution in [2.45, 2.75) is 24.0 Å². The minimum atomic E-state index is -0.718. The van der Waals surface area contributed by atoms with Crippen molar-refractivity contribution >= 4 is 57.5 Å². The van der Waals surface area contributed by atoms with Gasteiger partial charge in [0.15, 0.2) is 0 Å². The quantitative estimate of drug-likeness (QED) is 0.376. The Hall–Kier alpha value is -1.68. The number of hydrogen-bond acceptors (Lipinski definition) is 3. The first-order chi connectivity index (χ1) is 11.8. The Morgan fingerprint density at radius 3 is 2.12 bits per heavy atom. The highest BCUT2D eigenvalue weighted by molar-refractivity contribution is 14.1. The first kappa shape index (κ1) is 19.6. The number of thioether (sulfide) groups is 1. The van der Waals surface area contributed by atoms with Crippen molar-refractivity contribution in [3.05, 3.63) is 51.6 Å². The molecule has 1 atom stereocenters. The van der Waals surface area contributed by atoms with E-state index in [-0.39, 0.29) is 21.1 Å². The number of nitrogens with one attached hydrogen (secondary N) is 2. The highest BCUT2D eigenvalue weighted by Gasteiger charge is 2.16. The molecule has 0 aromatic heterocycles. The molecule has 0 fully saturated rings. The summed E-state index contributed by atoms with van der Waals surface area (Å²) < 4.78 is 27.0. The summed E-state index contributed by atoms with van der Waals surface area (Å²) in [5.41, 5.74) is 0.743. The minimum absolute atomic E-state index is 0.0777. The van der Waals surface area contributed by atoms with Crippen molar-refractivity contribution in [1.29, 1.82) is 0 Å². The number of hydrogen-bond donors (Lipinski definition) is 2. The molecule has 0 bridgehead atoms. The molecule has 2 N–H and O–H groups in total. The monoisotopic (exact) mass is 476 g/mol. The summed E-state index contributed by atoms with van der Waals surface area (Å²) in [5.74, 6) is -1.96. The largest absolute Gasteiger partial charge is 0.326 e. The lowest BCUT2D eigenvalue weighted by Crippen LogP contribution is -2.22. The van der Waals surface area contributed by atoms with E-state index in [0.717, 1.165) is 17.0 Å². The van der Waals surface area contributed by atoms with E-state index in [0.29, 0.717) is 5.69 Å². The lowest BCUT2D eigenvalue weighted by Gasteiger charge is -2.13. The molecule has 25 heavy (non-hydrogen) atoms. The van der Waals surface area contributed by atoms with Crippen molar-refractivity contribution < 1.29 is 18.4 Å². The average molecular weight is 476 g/mol. The Labute approximate surface area is 161 Å². The van der Waals surface area contributed by atoms with Gasteiger partial charge in [0, 0.05) is 23.2 Å². The van der Waals surface area contributed by atoms with Crippen LogP contribution >= 0.6 is 34.4 Å². The van der Waals surface area contributed by atoms with Crippen LogP contribution < -0.4 is 10.6 Å². The second-order valence-electron chi connectivity index (χ2n) is 5.21. The Balaban J connectivity index is 1.99. The molecule has 2 aromatic carbocycles. The first-order valence-electron chi connectivity index (χ1n) is 7.26. The maximum absolute atomic E-state index is 13.5. The number of benzene rings is 2. The third kappa shape index (κ3) is 5.67. The van der Waals surface area contributed by atoms with Crippen LogP contribution in [0.5, 0.6) is 0 Å². The third-order valence-electron chi connectivity index (χ3n) is 3.11. The summed E-state index contributed by atoms with van der Waals surface area (Å²) in [6, 6.07) is 9.20. The maximum atomic E-state index is 13.5. The van der Waals surface area contributed by atoms with E-state index < -0.39 is 16.9 Å². The van der Waals surface area contributed by atoms with E-state index in [9.17, 15) is 18.4 Å². The zero-order valence-corrected chi connectivity index (χ0v) is 16.4. The van der Waals surface area contributed by atoms with Gasteiger partial charge in [-0.1, -0.05) is 0 Å². The van der Waals surface area contributed by atoms with E-state index in [4.69, 9.17) is 0 Å². The molecule has 0 radical (unpaired) electrons. The van der Waals surface area contributed by atoms with Crippen LogP contribution in [-0.2, 0) is 9.59 Å². The Morgan fingerprint density at radius 2 is 1.60 bits per heavy atom. The van der Waals surface area contributed by atoms with Crippen molar-refractivity contribution in [3.8, 4) is 0 Å². The molecule has 0 saturated carbocycles. The SMILES string of the molecule is CC(=O)Nc1ccc(SC(C)C(=O)Nc2cc(F)c(I)c(F)c2)cc1. The molecular formula is C17H15F2IN2O2S. The number of carbonyl (C=O) groups is 2. The zero-order valence-electron chi connectivity index (χ0n) is 13.4. The van der Waals surface area contributed by atoms with Crippen LogP contribution in [0.25, 0.3) is 0 Å².